The Morgan fingerprint density at radius 2 is 1.96 bits per heavy atom. The number of benzene rings is 1. The van der Waals surface area contributed by atoms with Crippen molar-refractivity contribution in [3.8, 4) is 11.1 Å². The first-order chi connectivity index (χ1) is 13.4. The van der Waals surface area contributed by atoms with E-state index in [-0.39, 0.29) is 22.4 Å². The number of nitrogens with zero attached hydrogens (tertiary/aromatic N) is 2. The fourth-order valence-electron chi connectivity index (χ4n) is 3.08. The number of hydrogen-bond donors (Lipinski definition) is 1. The van der Waals surface area contributed by atoms with E-state index in [1.54, 1.807) is 30.5 Å². The number of thiophene rings is 1. The maximum absolute atomic E-state index is 14.6. The van der Waals surface area contributed by atoms with Crippen LogP contribution in [-0.4, -0.2) is 15.5 Å². The van der Waals surface area contributed by atoms with Crippen molar-refractivity contribution in [2.24, 2.45) is 7.05 Å². The minimum absolute atomic E-state index is 0.0191. The average molecular weight is 401 g/mol. The molecule has 28 heavy (non-hydrogen) atoms. The quantitative estimate of drug-likeness (QED) is 0.561. The molecule has 1 amide bonds. The number of hydrogen-bond acceptors (Lipinski definition) is 5. The lowest BCUT2D eigenvalue weighted by molar-refractivity contribution is 0.103. The number of oxazole rings is 1. The van der Waals surface area contributed by atoms with Crippen LogP contribution in [-0.2, 0) is 7.05 Å². The Bertz CT molecular complexity index is 1260. The van der Waals surface area contributed by atoms with Gasteiger partial charge in [0, 0.05) is 12.6 Å². The van der Waals surface area contributed by atoms with Crippen LogP contribution in [0.25, 0.3) is 22.2 Å². The molecular weight excluding hydrogens is 388 g/mol. The van der Waals surface area contributed by atoms with Gasteiger partial charge in [0.25, 0.3) is 5.91 Å². The average Bonchev–Trinajstić information content (AvgIpc) is 3.26. The second kappa shape index (κ2) is 6.68. The van der Waals surface area contributed by atoms with Crippen LogP contribution in [0.1, 0.15) is 15.2 Å². The highest BCUT2D eigenvalue weighted by molar-refractivity contribution is 7.12. The van der Waals surface area contributed by atoms with E-state index in [0.29, 0.717) is 10.4 Å². The van der Waals surface area contributed by atoms with Crippen molar-refractivity contribution in [2.45, 2.75) is 6.92 Å². The minimum Gasteiger partial charge on any atom is -0.408 e. The molecule has 4 aromatic rings. The standard InChI is InChI=1S/C19H13F2N3O3S/c1-9-6-12-17(24(2)19(26)27-12)15(14-10(20)7-22-8-11(14)21)16(9)23-18(25)13-4-3-5-28-13/h3-8H,1-2H3,(H,23,25). The van der Waals surface area contributed by atoms with Gasteiger partial charge in [-0.1, -0.05) is 6.07 Å². The van der Waals surface area contributed by atoms with Crippen molar-refractivity contribution in [2.75, 3.05) is 5.32 Å². The van der Waals surface area contributed by atoms with Gasteiger partial charge in [-0.3, -0.25) is 14.3 Å². The number of aryl methyl sites for hydroxylation is 2. The number of carbonyl (C=O) groups is 1. The highest BCUT2D eigenvalue weighted by Gasteiger charge is 2.25. The fraction of sp³-hybridized carbons (Fsp3) is 0.105. The Morgan fingerprint density at radius 1 is 1.25 bits per heavy atom. The van der Waals surface area contributed by atoms with Gasteiger partial charge in [-0.15, -0.1) is 11.3 Å². The van der Waals surface area contributed by atoms with Gasteiger partial charge in [0.15, 0.2) is 17.2 Å². The molecule has 0 atom stereocenters. The van der Waals surface area contributed by atoms with Gasteiger partial charge in [-0.25, -0.2) is 13.6 Å². The number of halogens is 2. The van der Waals surface area contributed by atoms with E-state index in [1.807, 2.05) is 0 Å². The van der Waals surface area contributed by atoms with Crippen LogP contribution in [0.4, 0.5) is 14.5 Å². The number of nitrogens with one attached hydrogen (secondary N) is 1. The molecule has 0 unspecified atom stereocenters. The molecule has 0 saturated carbocycles. The molecule has 0 spiro atoms. The summed E-state index contributed by atoms with van der Waals surface area (Å²) in [6.07, 6.45) is 1.74. The SMILES string of the molecule is Cc1cc2oc(=O)n(C)c2c(-c2c(F)cncc2F)c1NC(=O)c1cccs1. The summed E-state index contributed by atoms with van der Waals surface area (Å²) in [6, 6.07) is 4.90. The molecule has 9 heteroatoms. The van der Waals surface area contributed by atoms with Crippen molar-refractivity contribution >= 4 is 34.0 Å². The molecule has 1 aromatic carbocycles. The lowest BCUT2D eigenvalue weighted by Gasteiger charge is -2.16. The summed E-state index contributed by atoms with van der Waals surface area (Å²) in [4.78, 5) is 28.6. The highest BCUT2D eigenvalue weighted by Crippen LogP contribution is 2.40. The third kappa shape index (κ3) is 2.80. The van der Waals surface area contributed by atoms with Crippen molar-refractivity contribution in [1.29, 1.82) is 0 Å². The maximum Gasteiger partial charge on any atom is 0.419 e. The molecular formula is C19H13F2N3O3S. The number of fused-ring (bicyclic) bond motifs is 1. The molecule has 1 N–H and O–H groups in total. The molecule has 0 aliphatic carbocycles. The highest BCUT2D eigenvalue weighted by atomic mass is 32.1. The first kappa shape index (κ1) is 18.1. The minimum atomic E-state index is -0.924. The van der Waals surface area contributed by atoms with E-state index >= 15 is 0 Å². The molecule has 0 fully saturated rings. The second-order valence-electron chi connectivity index (χ2n) is 6.13. The lowest BCUT2D eigenvalue weighted by Crippen LogP contribution is -2.14. The summed E-state index contributed by atoms with van der Waals surface area (Å²) < 4.78 is 35.5. The Hall–Kier alpha value is -3.33. The van der Waals surface area contributed by atoms with Crippen LogP contribution in [0, 0.1) is 18.6 Å². The van der Waals surface area contributed by atoms with E-state index in [4.69, 9.17) is 4.42 Å². The normalized spacial score (nSPS) is 11.1. The molecule has 6 nitrogen and oxygen atoms in total. The zero-order valence-electron chi connectivity index (χ0n) is 14.7. The van der Waals surface area contributed by atoms with Crippen LogP contribution >= 0.6 is 11.3 Å². The van der Waals surface area contributed by atoms with Gasteiger partial charge >= 0.3 is 5.76 Å². The summed E-state index contributed by atoms with van der Waals surface area (Å²) >= 11 is 1.23. The van der Waals surface area contributed by atoms with E-state index in [0.717, 1.165) is 17.0 Å². The molecule has 0 saturated heterocycles. The van der Waals surface area contributed by atoms with Crippen LogP contribution in [0.15, 0.2) is 45.2 Å². The Morgan fingerprint density at radius 3 is 2.61 bits per heavy atom. The number of aromatic nitrogens is 2. The van der Waals surface area contributed by atoms with Crippen LogP contribution in [0.3, 0.4) is 0 Å². The number of carbonyl (C=O) groups excluding carboxylic acids is 1. The molecule has 0 aliphatic heterocycles. The molecule has 0 radical (unpaired) electrons. The van der Waals surface area contributed by atoms with Gasteiger partial charge in [-0.2, -0.15) is 0 Å². The van der Waals surface area contributed by atoms with Gasteiger partial charge < -0.3 is 9.73 Å². The smallest absolute Gasteiger partial charge is 0.408 e. The maximum atomic E-state index is 14.6. The van der Waals surface area contributed by atoms with E-state index in [9.17, 15) is 18.4 Å². The summed E-state index contributed by atoms with van der Waals surface area (Å²) in [5.74, 6) is -2.96. The van der Waals surface area contributed by atoms with E-state index in [1.165, 1.54) is 18.4 Å². The monoisotopic (exact) mass is 401 g/mol. The van der Waals surface area contributed by atoms with Crippen molar-refractivity contribution < 1.29 is 18.0 Å². The third-order valence-corrected chi connectivity index (χ3v) is 5.22. The van der Waals surface area contributed by atoms with Crippen LogP contribution < -0.4 is 11.1 Å². The second-order valence-corrected chi connectivity index (χ2v) is 7.07. The fourth-order valence-corrected chi connectivity index (χ4v) is 3.70. The first-order valence-electron chi connectivity index (χ1n) is 8.16. The first-order valence-corrected chi connectivity index (χ1v) is 9.03. The molecule has 3 heterocycles. The number of anilines is 1. The summed E-state index contributed by atoms with van der Waals surface area (Å²) in [5, 5.41) is 4.47. The number of rotatable bonds is 3. The molecule has 0 aliphatic rings. The van der Waals surface area contributed by atoms with Gasteiger partial charge in [-0.05, 0) is 30.0 Å². The number of amides is 1. The largest absolute Gasteiger partial charge is 0.419 e. The molecule has 142 valence electrons. The molecule has 3 aromatic heterocycles. The summed E-state index contributed by atoms with van der Waals surface area (Å²) in [6.45, 7) is 1.65. The van der Waals surface area contributed by atoms with Crippen LogP contribution in [0.5, 0.6) is 0 Å². The van der Waals surface area contributed by atoms with E-state index in [2.05, 4.69) is 10.3 Å². The molecule has 4 rings (SSSR count). The van der Waals surface area contributed by atoms with Gasteiger partial charge in [0.1, 0.15) is 0 Å². The topological polar surface area (TPSA) is 77.1 Å². The predicted molar refractivity (Wildman–Crippen MR) is 102 cm³/mol. The Kier molecular flexibility index (Phi) is 4.31. The number of pyridine rings is 1. The zero-order valence-corrected chi connectivity index (χ0v) is 15.6. The van der Waals surface area contributed by atoms with Gasteiger partial charge in [0.05, 0.1) is 34.0 Å². The molecule has 0 bridgehead atoms. The van der Waals surface area contributed by atoms with Gasteiger partial charge in [0.2, 0.25) is 0 Å². The van der Waals surface area contributed by atoms with Crippen molar-refractivity contribution in [3.05, 3.63) is 68.6 Å². The van der Waals surface area contributed by atoms with Crippen molar-refractivity contribution in [3.63, 3.8) is 0 Å². The van der Waals surface area contributed by atoms with Crippen LogP contribution in [0.2, 0.25) is 0 Å². The summed E-state index contributed by atoms with van der Waals surface area (Å²) in [5.41, 5.74) is 0.613. The lowest BCUT2D eigenvalue weighted by atomic mass is 9.98. The summed E-state index contributed by atoms with van der Waals surface area (Å²) in [7, 11) is 1.43. The van der Waals surface area contributed by atoms with Crippen molar-refractivity contribution in [1.82, 2.24) is 9.55 Å². The Labute approximate surface area is 161 Å². The van der Waals surface area contributed by atoms with E-state index < -0.39 is 28.9 Å². The zero-order chi connectivity index (χ0) is 20.0. The third-order valence-electron chi connectivity index (χ3n) is 4.36. The predicted octanol–water partition coefficient (Wildman–Crippen LogP) is 4.09. The Balaban J connectivity index is 2.07.